The van der Waals surface area contributed by atoms with E-state index in [1.54, 1.807) is 14.1 Å². The molecule has 0 aromatic heterocycles. The molecule has 71 valence electrons. The molecule has 0 bridgehead atoms. The van der Waals surface area contributed by atoms with E-state index < -0.39 is 0 Å². The van der Waals surface area contributed by atoms with Crippen molar-refractivity contribution < 1.29 is 123 Å². The van der Waals surface area contributed by atoms with Crippen molar-refractivity contribution in [3.05, 3.63) is 0 Å². The maximum absolute atomic E-state index is 2.16. The summed E-state index contributed by atoms with van der Waals surface area (Å²) in [4.78, 5) is 0. The van der Waals surface area contributed by atoms with Crippen LogP contribution in [0.4, 0.5) is 0 Å². The van der Waals surface area contributed by atoms with Crippen molar-refractivity contribution in [2.75, 3.05) is 0 Å². The van der Waals surface area contributed by atoms with E-state index >= 15 is 0 Å². The quantitative estimate of drug-likeness (QED) is 0.328. The third-order valence-corrected chi connectivity index (χ3v) is 0. The minimum Gasteiger partial charge on any atom is 0 e. The number of hydrogen-bond acceptors (Lipinski definition) is 0. The fourth-order valence-electron chi connectivity index (χ4n) is 0. The molecule has 0 unspecified atom stereocenters. The normalized spacial score (nSPS) is 2.50. The zero-order valence-corrected chi connectivity index (χ0v) is 17.3. The Labute approximate surface area is 152 Å². The van der Waals surface area contributed by atoms with Crippen LogP contribution in [-0.2, 0) is 123 Å². The number of rotatable bonds is 0. The van der Waals surface area contributed by atoms with Crippen LogP contribution >= 0.6 is 0 Å². The van der Waals surface area contributed by atoms with Gasteiger partial charge in [0.25, 0.3) is 0 Å². The minimum atomic E-state index is 0. The van der Waals surface area contributed by atoms with Crippen LogP contribution in [0.3, 0.4) is 0 Å². The minimum absolute atomic E-state index is 0. The van der Waals surface area contributed by atoms with Gasteiger partial charge >= 0.3 is 28.8 Å². The topological polar surface area (TPSA) is 0 Å². The molecule has 0 nitrogen and oxygen atoms in total. The van der Waals surface area contributed by atoms with E-state index in [9.17, 15) is 0 Å². The first kappa shape index (κ1) is 61.8. The molecule has 9 heteroatoms. The van der Waals surface area contributed by atoms with Crippen LogP contribution in [0.5, 0.6) is 0 Å². The fourth-order valence-corrected chi connectivity index (χ4v) is 0. The van der Waals surface area contributed by atoms with E-state index in [2.05, 4.69) is 5.86 Å². The summed E-state index contributed by atoms with van der Waals surface area (Å²) in [5, 5.41) is 0. The van der Waals surface area contributed by atoms with Crippen LogP contribution in [0.1, 0.15) is 0 Å². The van der Waals surface area contributed by atoms with Gasteiger partial charge in [-0.05, 0) is 0 Å². The van der Waals surface area contributed by atoms with Crippen molar-refractivity contribution in [3.63, 3.8) is 0 Å². The van der Waals surface area contributed by atoms with E-state index in [4.69, 9.17) is 0 Å². The van der Waals surface area contributed by atoms with Crippen LogP contribution in [0.15, 0.2) is 0 Å². The van der Waals surface area contributed by atoms with Gasteiger partial charge in [-0.2, -0.15) is 0 Å². The predicted molar refractivity (Wildman–Crippen MR) is 25.7 cm³/mol. The van der Waals surface area contributed by atoms with Crippen LogP contribution in [0, 0.1) is 0 Å². The Morgan fingerprint density at radius 3 is 1.30 bits per heavy atom. The van der Waals surface area contributed by atoms with Gasteiger partial charge in [0.05, 0.1) is 0 Å². The Morgan fingerprint density at radius 1 is 1.30 bits per heavy atom. The Balaban J connectivity index is -0.000000000952. The summed E-state index contributed by atoms with van der Waals surface area (Å²) in [5.74, 6) is 2.16. The predicted octanol–water partition coefficient (Wildman–Crippen LogP) is -1.80. The first-order chi connectivity index (χ1) is 1.41. The van der Waals surface area contributed by atoms with Gasteiger partial charge in [0.1, 0.15) is 0 Å². The monoisotopic (exact) mass is 525 g/mol. The Bertz CT molecular complexity index is 33.2. The standard InChI is InChI=1S/CH3.Al.Co.Cr.Cu.Mn.Mo.Ni.H3Si.Zn.3H/h1H3;;;;;;;;1H3;;;;. The van der Waals surface area contributed by atoms with Gasteiger partial charge in [0, 0.05) is 109 Å². The maximum Gasteiger partial charge on any atom is 0 e. The van der Waals surface area contributed by atoms with Crippen molar-refractivity contribution in [2.24, 2.45) is 0 Å². The van der Waals surface area contributed by atoms with Crippen LogP contribution in [0.25, 0.3) is 0 Å². The molecule has 0 amide bonds. The zero-order chi connectivity index (χ0) is 2.71. The molecule has 10 heavy (non-hydrogen) atoms. The molecule has 0 heterocycles. The SMILES string of the molecule is [AlH3].[CH3][Co][SiH3].[Cr].[Cu].[Mn].[Mo].[Ni].[Zn]. The Morgan fingerprint density at radius 2 is 1.30 bits per heavy atom. The molecule has 2 radical (unpaired) electrons. The molecule has 0 N–H and O–H groups in total. The fraction of sp³-hybridized carbons (Fsp3) is 1.00. The number of hydrogen-bond donors (Lipinski definition) is 0. The smallest absolute Gasteiger partial charge is 0 e. The largest absolute Gasteiger partial charge is 0 e. The van der Waals surface area contributed by atoms with Gasteiger partial charge in [-0.1, -0.05) is 0 Å². The molecule has 0 saturated carbocycles. The molecule has 0 fully saturated rings. The van der Waals surface area contributed by atoms with Crippen LogP contribution < -0.4 is 0 Å². The van der Waals surface area contributed by atoms with Crippen molar-refractivity contribution >= 4 is 26.3 Å². The van der Waals surface area contributed by atoms with Crippen molar-refractivity contribution in [1.82, 2.24) is 0 Å². The van der Waals surface area contributed by atoms with Gasteiger partial charge in [0.2, 0.25) is 0 Å². The second kappa shape index (κ2) is 68.6. The third-order valence-electron chi connectivity index (χ3n) is 0. The third kappa shape index (κ3) is 79.7. The van der Waals surface area contributed by atoms with Crippen molar-refractivity contribution in [2.45, 2.75) is 5.86 Å². The molecule has 0 aromatic rings. The van der Waals surface area contributed by atoms with Gasteiger partial charge in [-0.15, -0.1) is 0 Å². The average Bonchev–Trinajstić information content (AvgIpc) is 0.918. The van der Waals surface area contributed by atoms with Crippen molar-refractivity contribution in [3.8, 4) is 0 Å². The van der Waals surface area contributed by atoms with E-state index in [1.807, 2.05) is 0 Å². The molecule has 0 aliphatic rings. The van der Waals surface area contributed by atoms with E-state index in [1.165, 1.54) is 8.89 Å². The van der Waals surface area contributed by atoms with Crippen LogP contribution in [0.2, 0.25) is 5.86 Å². The van der Waals surface area contributed by atoms with E-state index in [0.717, 1.165) is 0 Å². The first-order valence-corrected chi connectivity index (χ1v) is 5.50. The summed E-state index contributed by atoms with van der Waals surface area (Å²) in [6, 6.07) is 0. The molecule has 0 saturated heterocycles. The summed E-state index contributed by atoms with van der Waals surface area (Å²) in [6.07, 6.45) is 0. The van der Waals surface area contributed by atoms with Crippen LogP contribution in [-0.4, -0.2) is 26.3 Å². The summed E-state index contributed by atoms with van der Waals surface area (Å²) in [7, 11) is 1.34. The molecule has 0 aliphatic heterocycles. The summed E-state index contributed by atoms with van der Waals surface area (Å²) < 4.78 is 0. The average molecular weight is 526 g/mol. The van der Waals surface area contributed by atoms with Gasteiger partial charge < -0.3 is 0 Å². The van der Waals surface area contributed by atoms with E-state index in [0.29, 0.717) is 0 Å². The molecule has 0 aliphatic carbocycles. The Hall–Kier alpha value is 4.63. The van der Waals surface area contributed by atoms with E-state index in [-0.39, 0.29) is 126 Å². The molecule has 0 rings (SSSR count). The maximum atomic E-state index is 2.16. The molecule has 0 atom stereocenters. The summed E-state index contributed by atoms with van der Waals surface area (Å²) in [6.45, 7) is 0. The Kier molecular flexibility index (Phi) is 424. The molecular formula is CH9AlCoCrCuMnMoNiSiZn. The second-order valence-corrected chi connectivity index (χ2v) is 4.12. The summed E-state index contributed by atoms with van der Waals surface area (Å²) >= 11 is 1.58. The van der Waals surface area contributed by atoms with Gasteiger partial charge in [-0.3, -0.25) is 0 Å². The zero-order valence-electron chi connectivity index (χ0n) is 4.85. The second-order valence-electron chi connectivity index (χ2n) is 0.333. The molecule has 0 spiro atoms. The van der Waals surface area contributed by atoms with Crippen molar-refractivity contribution in [1.29, 1.82) is 0 Å². The van der Waals surface area contributed by atoms with Gasteiger partial charge in [0.15, 0.2) is 17.4 Å². The molecular weight excluding hydrogens is 517 g/mol. The summed E-state index contributed by atoms with van der Waals surface area (Å²) in [5.41, 5.74) is 0. The molecule has 0 aromatic carbocycles. The van der Waals surface area contributed by atoms with Gasteiger partial charge in [-0.25, -0.2) is 0 Å². The first-order valence-electron chi connectivity index (χ1n) is 0.667.